The van der Waals surface area contributed by atoms with Gasteiger partial charge in [-0.2, -0.15) is 0 Å². The van der Waals surface area contributed by atoms with Crippen LogP contribution in [0.15, 0.2) is 59.2 Å². The van der Waals surface area contributed by atoms with Gasteiger partial charge in [-0.3, -0.25) is 38.9 Å². The Morgan fingerprint density at radius 3 is 2.06 bits per heavy atom. The van der Waals surface area contributed by atoms with Gasteiger partial charge in [-0.05, 0) is 42.9 Å². The zero-order chi connectivity index (χ0) is 33.9. The van der Waals surface area contributed by atoms with E-state index in [1.165, 1.54) is 30.5 Å². The molecule has 1 fully saturated rings. The number of furan rings is 1. The molecule has 1 saturated carbocycles. The van der Waals surface area contributed by atoms with Crippen LogP contribution < -0.4 is 32.3 Å². The molecule has 2 aromatic rings. The van der Waals surface area contributed by atoms with E-state index in [0.29, 0.717) is 17.7 Å². The lowest BCUT2D eigenvalue weighted by Gasteiger charge is -2.25. The molecule has 16 nitrogen and oxygen atoms in total. The first kappa shape index (κ1) is 34.3. The van der Waals surface area contributed by atoms with Crippen LogP contribution in [0.2, 0.25) is 0 Å². The largest absolute Gasteiger partial charge is 0.469 e. The standard InChI is InChI=1S/C31H37N7O9/c32-28(41)22-4-1-13-33-29(42)23(15-19-7-9-20(10-8-19)38(45)46)36-31(44)25(17-21-3-2-14-47-21)37-30(43)24(16-18-5-6-18)35-27(40)12-11-26(39)34-22/h2-3,7-12,14,18,22-25H,1,4-6,13,15-17H2,(H2,32,41)(H,33,42)(H,34,39)(H,35,40)(H,36,44)(H,37,43)/b12-11+/t22-,23-,24-,25-/m0/s1. The summed E-state index contributed by atoms with van der Waals surface area (Å²) in [7, 11) is 0. The first-order valence-corrected chi connectivity index (χ1v) is 15.2. The van der Waals surface area contributed by atoms with Crippen LogP contribution in [0.3, 0.4) is 0 Å². The van der Waals surface area contributed by atoms with Crippen molar-refractivity contribution in [1.82, 2.24) is 26.6 Å². The summed E-state index contributed by atoms with van der Waals surface area (Å²) in [5.74, 6) is -3.72. The number of nitrogens with one attached hydrogen (secondary N) is 5. The van der Waals surface area contributed by atoms with Crippen LogP contribution in [-0.4, -0.2) is 71.1 Å². The lowest BCUT2D eigenvalue weighted by Crippen LogP contribution is -2.57. The van der Waals surface area contributed by atoms with Gasteiger partial charge in [0.15, 0.2) is 0 Å². The first-order chi connectivity index (χ1) is 22.5. The molecule has 250 valence electrons. The maximum absolute atomic E-state index is 13.7. The summed E-state index contributed by atoms with van der Waals surface area (Å²) in [5, 5.41) is 24.2. The van der Waals surface area contributed by atoms with E-state index >= 15 is 0 Å². The number of nitro benzene ring substituents is 1. The topological polar surface area (TPSA) is 245 Å². The molecule has 1 aliphatic heterocycles. The van der Waals surface area contributed by atoms with Crippen molar-refractivity contribution in [3.63, 3.8) is 0 Å². The van der Waals surface area contributed by atoms with Crippen molar-refractivity contribution in [1.29, 1.82) is 0 Å². The Labute approximate surface area is 269 Å². The fourth-order valence-electron chi connectivity index (χ4n) is 5.02. The Morgan fingerprint density at radius 2 is 1.47 bits per heavy atom. The lowest BCUT2D eigenvalue weighted by atomic mass is 10.0. The molecule has 4 atom stereocenters. The highest BCUT2D eigenvalue weighted by molar-refractivity contribution is 6.00. The number of carbonyl (C=O) groups is 6. The predicted molar refractivity (Wildman–Crippen MR) is 165 cm³/mol. The second-order valence-electron chi connectivity index (χ2n) is 11.5. The van der Waals surface area contributed by atoms with Gasteiger partial charge in [0.1, 0.15) is 29.9 Å². The monoisotopic (exact) mass is 651 g/mol. The number of nitrogens with zero attached hydrogens (tertiary/aromatic N) is 1. The quantitative estimate of drug-likeness (QED) is 0.161. The summed E-state index contributed by atoms with van der Waals surface area (Å²) in [4.78, 5) is 88.3. The highest BCUT2D eigenvalue weighted by Gasteiger charge is 2.34. The highest BCUT2D eigenvalue weighted by atomic mass is 16.6. The van der Waals surface area contributed by atoms with Crippen molar-refractivity contribution >= 4 is 41.1 Å². The molecular weight excluding hydrogens is 614 g/mol. The van der Waals surface area contributed by atoms with Gasteiger partial charge in [0, 0.05) is 43.7 Å². The highest BCUT2D eigenvalue weighted by Crippen LogP contribution is 2.33. The number of primary amides is 1. The van der Waals surface area contributed by atoms with E-state index in [1.807, 2.05) is 0 Å². The van der Waals surface area contributed by atoms with Crippen molar-refractivity contribution < 1.29 is 38.1 Å². The Hall–Kier alpha value is -5.54. The van der Waals surface area contributed by atoms with Crippen LogP contribution in [0.5, 0.6) is 0 Å². The molecular formula is C31H37N7O9. The van der Waals surface area contributed by atoms with Gasteiger partial charge in [0.25, 0.3) is 5.69 Å². The molecule has 0 bridgehead atoms. The fourth-order valence-corrected chi connectivity index (χ4v) is 5.02. The molecule has 1 aliphatic carbocycles. The smallest absolute Gasteiger partial charge is 0.269 e. The number of non-ortho nitro benzene ring substituents is 1. The van der Waals surface area contributed by atoms with Gasteiger partial charge in [-0.1, -0.05) is 25.0 Å². The number of amides is 6. The van der Waals surface area contributed by atoms with E-state index in [2.05, 4.69) is 26.6 Å². The molecule has 47 heavy (non-hydrogen) atoms. The van der Waals surface area contributed by atoms with Crippen molar-refractivity contribution in [3.8, 4) is 0 Å². The van der Waals surface area contributed by atoms with E-state index in [4.69, 9.17) is 10.2 Å². The molecule has 2 heterocycles. The number of rotatable bonds is 8. The maximum Gasteiger partial charge on any atom is 0.269 e. The third kappa shape index (κ3) is 10.8. The predicted octanol–water partition coefficient (Wildman–Crippen LogP) is -0.336. The van der Waals surface area contributed by atoms with Gasteiger partial charge in [0.05, 0.1) is 11.2 Å². The van der Waals surface area contributed by atoms with Crippen LogP contribution in [0.4, 0.5) is 5.69 Å². The molecule has 0 spiro atoms. The summed E-state index contributed by atoms with van der Waals surface area (Å²) in [6.45, 7) is 0.0404. The molecule has 6 amide bonds. The zero-order valence-corrected chi connectivity index (χ0v) is 25.4. The van der Waals surface area contributed by atoms with Gasteiger partial charge >= 0.3 is 0 Å². The fraction of sp³-hybridized carbons (Fsp3) is 0.419. The van der Waals surface area contributed by atoms with E-state index in [1.54, 1.807) is 12.1 Å². The van der Waals surface area contributed by atoms with Crippen molar-refractivity contribution in [2.45, 2.75) is 69.1 Å². The number of hydrogen-bond acceptors (Lipinski definition) is 9. The number of nitrogens with two attached hydrogens (primary N) is 1. The minimum Gasteiger partial charge on any atom is -0.469 e. The summed E-state index contributed by atoms with van der Waals surface area (Å²) < 4.78 is 5.41. The van der Waals surface area contributed by atoms with Crippen molar-refractivity contribution in [2.75, 3.05) is 6.54 Å². The summed E-state index contributed by atoms with van der Waals surface area (Å²) in [5.41, 5.74) is 5.80. The molecule has 7 N–H and O–H groups in total. The van der Waals surface area contributed by atoms with E-state index < -0.39 is 64.5 Å². The second-order valence-corrected chi connectivity index (χ2v) is 11.5. The third-order valence-electron chi connectivity index (χ3n) is 7.75. The van der Waals surface area contributed by atoms with Crippen LogP contribution in [0.1, 0.15) is 43.4 Å². The Morgan fingerprint density at radius 1 is 0.830 bits per heavy atom. The molecule has 1 aromatic carbocycles. The number of carbonyl (C=O) groups excluding carboxylic acids is 6. The molecule has 16 heteroatoms. The van der Waals surface area contributed by atoms with Gasteiger partial charge in [0.2, 0.25) is 35.4 Å². The van der Waals surface area contributed by atoms with Crippen molar-refractivity contribution in [3.05, 3.63) is 76.3 Å². The summed E-state index contributed by atoms with van der Waals surface area (Å²) >= 11 is 0. The van der Waals surface area contributed by atoms with Crippen LogP contribution in [-0.2, 0) is 41.6 Å². The normalized spacial score (nSPS) is 24.2. The number of nitro groups is 1. The Balaban J connectivity index is 1.62. The molecule has 0 radical (unpaired) electrons. The second kappa shape index (κ2) is 16.1. The number of hydrogen-bond donors (Lipinski definition) is 6. The van der Waals surface area contributed by atoms with Crippen molar-refractivity contribution in [2.24, 2.45) is 11.7 Å². The van der Waals surface area contributed by atoms with Gasteiger partial charge < -0.3 is 36.7 Å². The van der Waals surface area contributed by atoms with Crippen LogP contribution in [0, 0.1) is 16.0 Å². The van der Waals surface area contributed by atoms with Gasteiger partial charge in [-0.25, -0.2) is 0 Å². The van der Waals surface area contributed by atoms with Crippen LogP contribution in [0.25, 0.3) is 0 Å². The van der Waals surface area contributed by atoms with Gasteiger partial charge in [-0.15, -0.1) is 0 Å². The maximum atomic E-state index is 13.7. The molecule has 2 aliphatic rings. The van der Waals surface area contributed by atoms with E-state index in [-0.39, 0.29) is 43.8 Å². The van der Waals surface area contributed by atoms with E-state index in [0.717, 1.165) is 25.0 Å². The zero-order valence-electron chi connectivity index (χ0n) is 25.4. The lowest BCUT2D eigenvalue weighted by molar-refractivity contribution is -0.384. The summed E-state index contributed by atoms with van der Waals surface area (Å²) in [6.07, 6.45) is 5.43. The number of benzene rings is 1. The van der Waals surface area contributed by atoms with Crippen LogP contribution >= 0.6 is 0 Å². The molecule has 0 unspecified atom stereocenters. The molecule has 1 aromatic heterocycles. The Bertz CT molecular complexity index is 1500. The molecule has 4 rings (SSSR count). The Kier molecular flexibility index (Phi) is 11.8. The third-order valence-corrected chi connectivity index (χ3v) is 7.75. The minimum absolute atomic E-state index is 0.0404. The summed E-state index contributed by atoms with van der Waals surface area (Å²) in [6, 6.07) is 4.17. The molecule has 0 saturated heterocycles. The minimum atomic E-state index is -1.22. The first-order valence-electron chi connectivity index (χ1n) is 15.2. The van der Waals surface area contributed by atoms with E-state index in [9.17, 15) is 38.9 Å². The average Bonchev–Trinajstić information content (AvgIpc) is 3.70. The SMILES string of the molecule is NC(=O)[C@@H]1CCCNC(=O)[C@H](Cc2ccc([N+](=O)[O-])cc2)NC(=O)[C@H](Cc2ccco2)NC(=O)[C@H](CC2CC2)NC(=O)/C=C/C(=O)N1. The average molecular weight is 652 g/mol.